The summed E-state index contributed by atoms with van der Waals surface area (Å²) in [6.07, 6.45) is 3.09. The van der Waals surface area contributed by atoms with Crippen molar-refractivity contribution in [2.75, 3.05) is 19.8 Å². The van der Waals surface area contributed by atoms with Gasteiger partial charge in [0.05, 0.1) is 12.7 Å². The fourth-order valence-electron chi connectivity index (χ4n) is 2.42. The normalized spacial score (nSPS) is 17.9. The molecule has 1 aromatic rings. The number of aliphatic hydroxyl groups is 1. The van der Waals surface area contributed by atoms with Crippen molar-refractivity contribution in [1.82, 2.24) is 5.32 Å². The highest BCUT2D eigenvalue weighted by atomic mass is 35.5. The molecule has 4 heteroatoms. The van der Waals surface area contributed by atoms with Crippen LogP contribution in [-0.4, -0.2) is 37.0 Å². The Balaban J connectivity index is 1.81. The molecule has 2 atom stereocenters. The van der Waals surface area contributed by atoms with E-state index in [1.165, 1.54) is 18.4 Å². The number of aliphatic hydroxyl groups excluding tert-OH is 1. The molecule has 0 aromatic heterocycles. The zero-order valence-electron chi connectivity index (χ0n) is 12.0. The predicted octanol–water partition coefficient (Wildman–Crippen LogP) is 2.65. The van der Waals surface area contributed by atoms with Gasteiger partial charge in [0, 0.05) is 24.2 Å². The minimum atomic E-state index is -0.435. The standard InChI is InChI=1S/C16H24ClNO2/c1-2-20-11-15(19)10-18-16(13-6-7-13)9-12-4-3-5-14(17)8-12/h3-5,8,13,15-16,18-19H,2,6-7,9-11H2,1H3. The van der Waals surface area contributed by atoms with E-state index in [4.69, 9.17) is 16.3 Å². The molecule has 0 bridgehead atoms. The number of hydrogen-bond acceptors (Lipinski definition) is 3. The highest BCUT2D eigenvalue weighted by Crippen LogP contribution is 2.34. The van der Waals surface area contributed by atoms with Crippen LogP contribution < -0.4 is 5.32 Å². The van der Waals surface area contributed by atoms with Gasteiger partial charge in [-0.2, -0.15) is 0 Å². The van der Waals surface area contributed by atoms with E-state index < -0.39 is 6.10 Å². The fraction of sp³-hybridized carbons (Fsp3) is 0.625. The molecule has 0 saturated heterocycles. The van der Waals surface area contributed by atoms with Gasteiger partial charge < -0.3 is 15.2 Å². The molecule has 2 rings (SSSR count). The van der Waals surface area contributed by atoms with Gasteiger partial charge in [0.15, 0.2) is 0 Å². The van der Waals surface area contributed by atoms with E-state index in [9.17, 15) is 5.11 Å². The van der Waals surface area contributed by atoms with E-state index in [2.05, 4.69) is 11.4 Å². The van der Waals surface area contributed by atoms with Crippen LogP contribution in [0, 0.1) is 5.92 Å². The number of hydrogen-bond donors (Lipinski definition) is 2. The monoisotopic (exact) mass is 297 g/mol. The molecule has 2 N–H and O–H groups in total. The Morgan fingerprint density at radius 2 is 2.25 bits per heavy atom. The van der Waals surface area contributed by atoms with Crippen molar-refractivity contribution in [2.45, 2.75) is 38.3 Å². The molecule has 20 heavy (non-hydrogen) atoms. The van der Waals surface area contributed by atoms with Crippen LogP contribution in [0.4, 0.5) is 0 Å². The minimum absolute atomic E-state index is 0.401. The molecule has 3 nitrogen and oxygen atoms in total. The lowest BCUT2D eigenvalue weighted by molar-refractivity contribution is 0.0410. The van der Waals surface area contributed by atoms with Crippen molar-refractivity contribution in [3.63, 3.8) is 0 Å². The maximum absolute atomic E-state index is 9.83. The summed E-state index contributed by atoms with van der Waals surface area (Å²) in [5.74, 6) is 0.730. The number of halogens is 1. The number of benzene rings is 1. The SMILES string of the molecule is CCOCC(O)CNC(Cc1cccc(Cl)c1)C1CC1. The third-order valence-electron chi connectivity index (χ3n) is 3.67. The van der Waals surface area contributed by atoms with Crippen molar-refractivity contribution in [3.8, 4) is 0 Å². The van der Waals surface area contributed by atoms with E-state index in [0.29, 0.717) is 25.8 Å². The van der Waals surface area contributed by atoms with Crippen LogP contribution >= 0.6 is 11.6 Å². The summed E-state index contributed by atoms with van der Waals surface area (Å²) in [5, 5.41) is 14.1. The van der Waals surface area contributed by atoms with Crippen LogP contribution in [0.1, 0.15) is 25.3 Å². The highest BCUT2D eigenvalue weighted by Gasteiger charge is 2.31. The summed E-state index contributed by atoms with van der Waals surface area (Å²) < 4.78 is 5.23. The molecule has 0 heterocycles. The molecule has 0 aliphatic heterocycles. The Labute approximate surface area is 126 Å². The fourth-order valence-corrected chi connectivity index (χ4v) is 2.64. The first-order chi connectivity index (χ1) is 9.69. The van der Waals surface area contributed by atoms with Crippen LogP contribution in [-0.2, 0) is 11.2 Å². The minimum Gasteiger partial charge on any atom is -0.389 e. The average Bonchev–Trinajstić information content (AvgIpc) is 3.25. The average molecular weight is 298 g/mol. The third-order valence-corrected chi connectivity index (χ3v) is 3.90. The van der Waals surface area contributed by atoms with Crippen LogP contribution in [0.25, 0.3) is 0 Å². The number of nitrogens with one attached hydrogen (secondary N) is 1. The topological polar surface area (TPSA) is 41.5 Å². The smallest absolute Gasteiger partial charge is 0.0897 e. The van der Waals surface area contributed by atoms with Crippen molar-refractivity contribution in [3.05, 3.63) is 34.9 Å². The summed E-state index contributed by atoms with van der Waals surface area (Å²) in [6.45, 7) is 3.57. The van der Waals surface area contributed by atoms with E-state index in [1.807, 2.05) is 25.1 Å². The van der Waals surface area contributed by atoms with E-state index in [0.717, 1.165) is 17.4 Å². The zero-order chi connectivity index (χ0) is 14.4. The van der Waals surface area contributed by atoms with Gasteiger partial charge in [-0.15, -0.1) is 0 Å². The zero-order valence-corrected chi connectivity index (χ0v) is 12.8. The molecule has 1 saturated carbocycles. The molecule has 0 spiro atoms. The molecule has 1 aliphatic carbocycles. The van der Waals surface area contributed by atoms with Gasteiger partial charge >= 0.3 is 0 Å². The molecule has 112 valence electrons. The quantitative estimate of drug-likeness (QED) is 0.736. The van der Waals surface area contributed by atoms with Crippen molar-refractivity contribution in [1.29, 1.82) is 0 Å². The molecule has 1 aliphatic rings. The Hall–Kier alpha value is -0.610. The Bertz CT molecular complexity index is 409. The Morgan fingerprint density at radius 3 is 2.90 bits per heavy atom. The number of rotatable bonds is 9. The van der Waals surface area contributed by atoms with Gasteiger partial charge in [0.1, 0.15) is 0 Å². The maximum atomic E-state index is 9.83. The largest absolute Gasteiger partial charge is 0.389 e. The summed E-state index contributed by atoms with van der Waals surface area (Å²) in [4.78, 5) is 0. The second-order valence-electron chi connectivity index (χ2n) is 5.50. The lowest BCUT2D eigenvalue weighted by Gasteiger charge is -2.21. The summed E-state index contributed by atoms with van der Waals surface area (Å²) in [5.41, 5.74) is 1.25. The first-order valence-electron chi connectivity index (χ1n) is 7.42. The van der Waals surface area contributed by atoms with Crippen LogP contribution in [0.5, 0.6) is 0 Å². The second-order valence-corrected chi connectivity index (χ2v) is 5.94. The first-order valence-corrected chi connectivity index (χ1v) is 7.80. The first kappa shape index (κ1) is 15.8. The van der Waals surface area contributed by atoms with Crippen LogP contribution in [0.15, 0.2) is 24.3 Å². The molecule has 1 aromatic carbocycles. The van der Waals surface area contributed by atoms with E-state index in [-0.39, 0.29) is 0 Å². The summed E-state index contributed by atoms with van der Waals surface area (Å²) in [6, 6.07) is 8.45. The molecular formula is C16H24ClNO2. The summed E-state index contributed by atoms with van der Waals surface area (Å²) >= 11 is 6.03. The number of ether oxygens (including phenoxy) is 1. The predicted molar refractivity (Wildman–Crippen MR) is 82.2 cm³/mol. The third kappa shape index (κ3) is 5.41. The Kier molecular flexibility index (Phi) is 6.30. The van der Waals surface area contributed by atoms with Gasteiger partial charge in [0.25, 0.3) is 0 Å². The lowest BCUT2D eigenvalue weighted by Crippen LogP contribution is -2.40. The van der Waals surface area contributed by atoms with Crippen molar-refractivity contribution >= 4 is 11.6 Å². The van der Waals surface area contributed by atoms with Gasteiger partial charge in [-0.25, -0.2) is 0 Å². The van der Waals surface area contributed by atoms with Crippen LogP contribution in [0.2, 0.25) is 5.02 Å². The van der Waals surface area contributed by atoms with Gasteiger partial charge in [-0.3, -0.25) is 0 Å². The molecule has 2 unspecified atom stereocenters. The lowest BCUT2D eigenvalue weighted by atomic mass is 10.0. The second kappa shape index (κ2) is 7.99. The van der Waals surface area contributed by atoms with Crippen molar-refractivity contribution < 1.29 is 9.84 Å². The van der Waals surface area contributed by atoms with E-state index in [1.54, 1.807) is 0 Å². The summed E-state index contributed by atoms with van der Waals surface area (Å²) in [7, 11) is 0. The van der Waals surface area contributed by atoms with Gasteiger partial charge in [-0.1, -0.05) is 23.7 Å². The molecule has 1 fully saturated rings. The van der Waals surface area contributed by atoms with Gasteiger partial charge in [-0.05, 0) is 49.8 Å². The molecular weight excluding hydrogens is 274 g/mol. The van der Waals surface area contributed by atoms with Gasteiger partial charge in [0.2, 0.25) is 0 Å². The maximum Gasteiger partial charge on any atom is 0.0897 e. The van der Waals surface area contributed by atoms with E-state index >= 15 is 0 Å². The molecule has 0 radical (unpaired) electrons. The Morgan fingerprint density at radius 1 is 1.45 bits per heavy atom. The van der Waals surface area contributed by atoms with Crippen LogP contribution in [0.3, 0.4) is 0 Å². The highest BCUT2D eigenvalue weighted by molar-refractivity contribution is 6.30. The molecule has 0 amide bonds. The van der Waals surface area contributed by atoms with Crippen molar-refractivity contribution in [2.24, 2.45) is 5.92 Å².